The van der Waals surface area contributed by atoms with Gasteiger partial charge < -0.3 is 5.32 Å². The summed E-state index contributed by atoms with van der Waals surface area (Å²) in [7, 11) is 0. The van der Waals surface area contributed by atoms with Crippen LogP contribution in [-0.4, -0.2) is 30.5 Å². The molecule has 7 nitrogen and oxygen atoms in total. The highest BCUT2D eigenvalue weighted by Crippen LogP contribution is 2.25. The van der Waals surface area contributed by atoms with Gasteiger partial charge in [-0.05, 0) is 62.4 Å². The summed E-state index contributed by atoms with van der Waals surface area (Å²) in [4.78, 5) is 17.6. The number of para-hydroxylation sites is 1. The zero-order valence-electron chi connectivity index (χ0n) is 19.3. The number of nitrogens with zero attached hydrogens (tertiary/aromatic N) is 5. The van der Waals surface area contributed by atoms with Crippen LogP contribution in [0.15, 0.2) is 91.5 Å². The Kier molecular flexibility index (Phi) is 5.93. The number of rotatable bonds is 6. The van der Waals surface area contributed by atoms with Crippen molar-refractivity contribution in [2.45, 2.75) is 19.9 Å². The highest BCUT2D eigenvalue weighted by molar-refractivity contribution is 6.00. The van der Waals surface area contributed by atoms with Crippen LogP contribution >= 0.6 is 0 Å². The minimum absolute atomic E-state index is 0.257. The first kappa shape index (κ1) is 22.2. The van der Waals surface area contributed by atoms with E-state index in [9.17, 15) is 9.18 Å². The zero-order chi connectivity index (χ0) is 24.4. The molecule has 0 saturated heterocycles. The average Bonchev–Trinajstić information content (AvgIpc) is 3.50. The van der Waals surface area contributed by atoms with Gasteiger partial charge in [-0.1, -0.05) is 18.2 Å². The maximum atomic E-state index is 13.4. The summed E-state index contributed by atoms with van der Waals surface area (Å²) >= 11 is 0. The van der Waals surface area contributed by atoms with Crippen molar-refractivity contribution in [3.63, 3.8) is 0 Å². The smallest absolute Gasteiger partial charge is 0.255 e. The van der Waals surface area contributed by atoms with Crippen LogP contribution in [0, 0.1) is 12.7 Å². The molecule has 1 atom stereocenters. The van der Waals surface area contributed by atoms with Crippen molar-refractivity contribution in [2.75, 3.05) is 0 Å². The molecule has 35 heavy (non-hydrogen) atoms. The van der Waals surface area contributed by atoms with Gasteiger partial charge in [-0.3, -0.25) is 9.78 Å². The fraction of sp³-hybridized carbons (Fsp3) is 0.111. The summed E-state index contributed by atoms with van der Waals surface area (Å²) in [6, 6.07) is 19.1. The van der Waals surface area contributed by atoms with Crippen LogP contribution in [0.3, 0.4) is 0 Å². The lowest BCUT2D eigenvalue weighted by Gasteiger charge is -2.14. The second-order valence-electron chi connectivity index (χ2n) is 8.18. The number of carbonyl (C=O) groups is 1. The number of amides is 1. The van der Waals surface area contributed by atoms with Gasteiger partial charge >= 0.3 is 0 Å². The Labute approximate surface area is 201 Å². The lowest BCUT2D eigenvalue weighted by Crippen LogP contribution is -2.27. The van der Waals surface area contributed by atoms with Crippen LogP contribution in [0.1, 0.15) is 34.6 Å². The fourth-order valence-corrected chi connectivity index (χ4v) is 4.01. The molecule has 5 aromatic rings. The van der Waals surface area contributed by atoms with E-state index in [1.54, 1.807) is 46.3 Å². The molecule has 2 aromatic carbocycles. The van der Waals surface area contributed by atoms with Crippen molar-refractivity contribution < 1.29 is 9.18 Å². The standard InChI is InChI=1S/C27H23FN6O/c1-18(24-16-30-34(19(24)2)23-12-10-21(28)11-13-23)31-27(35)25-17-33(22-8-4-3-5-9-22)32-26(25)20-7-6-14-29-15-20/h3-18H,1-2H3,(H,31,35). The lowest BCUT2D eigenvalue weighted by molar-refractivity contribution is 0.0940. The number of halogens is 1. The van der Waals surface area contributed by atoms with Gasteiger partial charge in [0.15, 0.2) is 0 Å². The minimum atomic E-state index is -0.321. The SMILES string of the molecule is Cc1c(C(C)NC(=O)c2cn(-c3ccccc3)nc2-c2cccnc2)cnn1-c1ccc(F)cc1. The largest absolute Gasteiger partial charge is 0.345 e. The molecule has 0 aliphatic heterocycles. The minimum Gasteiger partial charge on any atom is -0.345 e. The quantitative estimate of drug-likeness (QED) is 0.380. The van der Waals surface area contributed by atoms with Gasteiger partial charge in [0, 0.05) is 35.4 Å². The number of pyridine rings is 1. The van der Waals surface area contributed by atoms with Gasteiger partial charge in [-0.15, -0.1) is 0 Å². The Morgan fingerprint density at radius 2 is 1.74 bits per heavy atom. The third-order valence-electron chi connectivity index (χ3n) is 5.85. The summed E-state index contributed by atoms with van der Waals surface area (Å²) in [6.45, 7) is 3.82. The third-order valence-corrected chi connectivity index (χ3v) is 5.85. The highest BCUT2D eigenvalue weighted by atomic mass is 19.1. The second kappa shape index (κ2) is 9.34. The topological polar surface area (TPSA) is 77.6 Å². The molecular formula is C27H23FN6O. The van der Waals surface area contributed by atoms with E-state index >= 15 is 0 Å². The Bertz CT molecular complexity index is 1460. The summed E-state index contributed by atoms with van der Waals surface area (Å²) in [5.74, 6) is -0.563. The van der Waals surface area contributed by atoms with E-state index in [1.165, 1.54) is 12.1 Å². The predicted molar refractivity (Wildman–Crippen MR) is 131 cm³/mol. The van der Waals surface area contributed by atoms with Crippen LogP contribution in [-0.2, 0) is 0 Å². The normalized spacial score (nSPS) is 11.9. The molecule has 8 heteroatoms. The molecular weight excluding hydrogens is 443 g/mol. The Balaban J connectivity index is 1.45. The van der Waals surface area contributed by atoms with Gasteiger partial charge in [-0.25, -0.2) is 13.8 Å². The molecule has 0 spiro atoms. The molecule has 5 rings (SSSR count). The first-order valence-corrected chi connectivity index (χ1v) is 11.2. The van der Waals surface area contributed by atoms with Gasteiger partial charge in [0.1, 0.15) is 11.5 Å². The summed E-state index contributed by atoms with van der Waals surface area (Å²) in [5.41, 5.74) is 5.05. The second-order valence-corrected chi connectivity index (χ2v) is 8.18. The fourth-order valence-electron chi connectivity index (χ4n) is 4.01. The van der Waals surface area contributed by atoms with Gasteiger partial charge in [0.25, 0.3) is 5.91 Å². The molecule has 3 aromatic heterocycles. The maximum Gasteiger partial charge on any atom is 0.255 e. The van der Waals surface area contributed by atoms with Crippen LogP contribution in [0.25, 0.3) is 22.6 Å². The van der Waals surface area contributed by atoms with Gasteiger partial charge in [0.2, 0.25) is 0 Å². The monoisotopic (exact) mass is 466 g/mol. The highest BCUT2D eigenvalue weighted by Gasteiger charge is 2.22. The van der Waals surface area contributed by atoms with Gasteiger partial charge in [0.05, 0.1) is 29.2 Å². The molecule has 174 valence electrons. The number of nitrogens with one attached hydrogen (secondary N) is 1. The number of carbonyl (C=O) groups excluding carboxylic acids is 1. The van der Waals surface area contributed by atoms with Crippen LogP contribution in [0.4, 0.5) is 4.39 Å². The first-order chi connectivity index (χ1) is 17.0. The molecule has 0 fully saturated rings. The molecule has 0 radical (unpaired) electrons. The van der Waals surface area contributed by atoms with E-state index in [4.69, 9.17) is 0 Å². The zero-order valence-corrected chi connectivity index (χ0v) is 19.3. The molecule has 1 N–H and O–H groups in total. The Morgan fingerprint density at radius 3 is 2.46 bits per heavy atom. The van der Waals surface area contributed by atoms with Crippen molar-refractivity contribution in [1.29, 1.82) is 0 Å². The summed E-state index contributed by atoms with van der Waals surface area (Å²) < 4.78 is 16.7. The van der Waals surface area contributed by atoms with Gasteiger partial charge in [-0.2, -0.15) is 10.2 Å². The van der Waals surface area contributed by atoms with Crippen molar-refractivity contribution in [3.05, 3.63) is 114 Å². The maximum absolute atomic E-state index is 13.4. The molecule has 0 bridgehead atoms. The number of hydrogen-bond acceptors (Lipinski definition) is 4. The van der Waals surface area contributed by atoms with Crippen molar-refractivity contribution in [3.8, 4) is 22.6 Å². The molecule has 0 saturated carbocycles. The van der Waals surface area contributed by atoms with E-state index in [1.807, 2.05) is 56.3 Å². The van der Waals surface area contributed by atoms with E-state index in [2.05, 4.69) is 20.5 Å². The summed E-state index contributed by atoms with van der Waals surface area (Å²) in [6.07, 6.45) is 6.82. The summed E-state index contributed by atoms with van der Waals surface area (Å²) in [5, 5.41) is 12.2. The van der Waals surface area contributed by atoms with Crippen LogP contribution in [0.5, 0.6) is 0 Å². The first-order valence-electron chi connectivity index (χ1n) is 11.2. The average molecular weight is 467 g/mol. The molecule has 0 aliphatic carbocycles. The van der Waals surface area contributed by atoms with E-state index in [-0.39, 0.29) is 17.8 Å². The van der Waals surface area contributed by atoms with Crippen molar-refractivity contribution >= 4 is 5.91 Å². The van der Waals surface area contributed by atoms with E-state index in [0.29, 0.717) is 11.3 Å². The van der Waals surface area contributed by atoms with E-state index in [0.717, 1.165) is 28.2 Å². The van der Waals surface area contributed by atoms with Crippen LogP contribution < -0.4 is 5.32 Å². The van der Waals surface area contributed by atoms with Crippen LogP contribution in [0.2, 0.25) is 0 Å². The Morgan fingerprint density at radius 1 is 0.971 bits per heavy atom. The number of benzene rings is 2. The van der Waals surface area contributed by atoms with Crippen molar-refractivity contribution in [1.82, 2.24) is 29.9 Å². The Hall–Kier alpha value is -4.59. The molecule has 1 amide bonds. The number of aromatic nitrogens is 5. The molecule has 1 unspecified atom stereocenters. The predicted octanol–water partition coefficient (Wildman–Crippen LogP) is 5.06. The third kappa shape index (κ3) is 4.46. The lowest BCUT2D eigenvalue weighted by atomic mass is 10.1. The van der Waals surface area contributed by atoms with Crippen molar-refractivity contribution in [2.24, 2.45) is 0 Å². The molecule has 3 heterocycles. The van der Waals surface area contributed by atoms with E-state index < -0.39 is 0 Å². The molecule has 0 aliphatic rings. The number of hydrogen-bond donors (Lipinski definition) is 1.